The number of benzene rings is 2. The molecule has 1 fully saturated rings. The predicted octanol–water partition coefficient (Wildman–Crippen LogP) is 6.45. The minimum Gasteiger partial charge on any atom is -0.507 e. The molecule has 0 bridgehead atoms. The highest BCUT2D eigenvalue weighted by Crippen LogP contribution is 2.33. The average Bonchev–Trinajstić information content (AvgIpc) is 3.00. The largest absolute Gasteiger partial charge is 0.507 e. The van der Waals surface area contributed by atoms with Crippen molar-refractivity contribution in [3.8, 4) is 11.5 Å². The van der Waals surface area contributed by atoms with Gasteiger partial charge < -0.3 is 31.1 Å². The first-order valence-corrected chi connectivity index (χ1v) is 17.2. The Morgan fingerprint density at radius 1 is 0.708 bits per heavy atom. The maximum absolute atomic E-state index is 11.2. The van der Waals surface area contributed by atoms with E-state index in [0.29, 0.717) is 50.1 Å². The molecule has 48 heavy (non-hydrogen) atoms. The van der Waals surface area contributed by atoms with Gasteiger partial charge in [0.2, 0.25) is 0 Å². The summed E-state index contributed by atoms with van der Waals surface area (Å²) in [6, 6.07) is 8.34. The third kappa shape index (κ3) is 12.0. The number of rotatable bonds is 16. The number of nitrogens with one attached hydrogen (secondary N) is 2. The number of hydrogen-bond acceptors (Lipinski definition) is 8. The Labute approximate surface area is 285 Å². The van der Waals surface area contributed by atoms with Crippen LogP contribution >= 0.6 is 0 Å². The van der Waals surface area contributed by atoms with Gasteiger partial charge in [-0.05, 0) is 59.8 Å². The van der Waals surface area contributed by atoms with Crippen LogP contribution < -0.4 is 10.6 Å². The van der Waals surface area contributed by atoms with E-state index < -0.39 is 11.9 Å². The first kappa shape index (κ1) is 38.7. The third-order valence-electron chi connectivity index (χ3n) is 8.86. The second-order valence-electron chi connectivity index (χ2n) is 15.0. The van der Waals surface area contributed by atoms with Crippen molar-refractivity contribution < 1.29 is 30.0 Å². The van der Waals surface area contributed by atoms with Gasteiger partial charge in [0, 0.05) is 85.8 Å². The molecule has 1 aliphatic rings. The van der Waals surface area contributed by atoms with Gasteiger partial charge in [0.15, 0.2) is 0 Å². The Morgan fingerprint density at radius 3 is 1.42 bits per heavy atom. The molecule has 10 heteroatoms. The number of aliphatic carboxylic acids is 2. The fraction of sp³-hybridized carbons (Fsp3) is 0.579. The van der Waals surface area contributed by atoms with Gasteiger partial charge in [-0.1, -0.05) is 66.5 Å². The number of aromatic hydroxyl groups is 2. The van der Waals surface area contributed by atoms with Crippen molar-refractivity contribution in [1.29, 1.82) is 0 Å². The SMILES string of the molecule is CC(C)(C)c1cc(C=NCCCC(=O)O)c(O)c(CNC2CCCCC2NCc2cc(C(C)(C)C)cc(C=NCCCC(=O)O)c2O)c1. The zero-order chi connectivity index (χ0) is 35.5. The molecule has 1 saturated carbocycles. The summed E-state index contributed by atoms with van der Waals surface area (Å²) in [7, 11) is 0. The van der Waals surface area contributed by atoms with Crippen LogP contribution in [0, 0.1) is 0 Å². The Kier molecular flexibility index (Phi) is 14.2. The van der Waals surface area contributed by atoms with Gasteiger partial charge in [-0.3, -0.25) is 19.6 Å². The van der Waals surface area contributed by atoms with Gasteiger partial charge in [-0.2, -0.15) is 0 Å². The molecule has 264 valence electrons. The highest BCUT2D eigenvalue weighted by atomic mass is 16.4. The lowest BCUT2D eigenvalue weighted by Gasteiger charge is -2.34. The van der Waals surface area contributed by atoms with Crippen molar-refractivity contribution in [2.75, 3.05) is 13.1 Å². The normalized spacial score (nSPS) is 17.4. The van der Waals surface area contributed by atoms with Gasteiger partial charge >= 0.3 is 11.9 Å². The number of phenolic OH excluding ortho intramolecular Hbond substituents is 2. The van der Waals surface area contributed by atoms with Gasteiger partial charge in [-0.25, -0.2) is 0 Å². The van der Waals surface area contributed by atoms with Gasteiger partial charge in [0.05, 0.1) is 0 Å². The summed E-state index contributed by atoms with van der Waals surface area (Å²) in [5.41, 5.74) is 4.72. The maximum Gasteiger partial charge on any atom is 0.303 e. The molecule has 0 aliphatic heterocycles. The Bertz CT molecular complexity index is 1350. The molecule has 0 radical (unpaired) electrons. The van der Waals surface area contributed by atoms with E-state index in [1.54, 1.807) is 12.4 Å². The van der Waals surface area contributed by atoms with Gasteiger partial charge in [0.25, 0.3) is 0 Å². The fourth-order valence-corrected chi connectivity index (χ4v) is 5.84. The van der Waals surface area contributed by atoms with E-state index in [1.165, 1.54) is 0 Å². The Hall–Kier alpha value is -3.76. The maximum atomic E-state index is 11.2. The lowest BCUT2D eigenvalue weighted by atomic mass is 9.84. The first-order valence-electron chi connectivity index (χ1n) is 17.2. The molecule has 0 saturated heterocycles. The molecule has 0 amide bonds. The topological polar surface area (TPSA) is 164 Å². The lowest BCUT2D eigenvalue weighted by Crippen LogP contribution is -2.49. The zero-order valence-corrected chi connectivity index (χ0v) is 29.6. The lowest BCUT2D eigenvalue weighted by molar-refractivity contribution is -0.138. The number of hydrogen-bond donors (Lipinski definition) is 6. The second-order valence-corrected chi connectivity index (χ2v) is 15.0. The number of phenols is 2. The third-order valence-corrected chi connectivity index (χ3v) is 8.86. The van der Waals surface area contributed by atoms with Crippen LogP contribution in [0.25, 0.3) is 0 Å². The van der Waals surface area contributed by atoms with Crippen molar-refractivity contribution in [3.63, 3.8) is 0 Å². The molecule has 0 spiro atoms. The van der Waals surface area contributed by atoms with Crippen molar-refractivity contribution in [2.45, 2.75) is 129 Å². The van der Waals surface area contributed by atoms with Crippen molar-refractivity contribution >= 4 is 24.4 Å². The summed E-state index contributed by atoms with van der Waals surface area (Å²) in [5.74, 6) is -1.33. The summed E-state index contributed by atoms with van der Waals surface area (Å²) < 4.78 is 0. The Balaban J connectivity index is 1.76. The molecule has 10 nitrogen and oxygen atoms in total. The van der Waals surface area contributed by atoms with Crippen LogP contribution in [0.15, 0.2) is 34.3 Å². The number of carboxylic acid groups (broad SMARTS) is 2. The first-order chi connectivity index (χ1) is 22.6. The van der Waals surface area contributed by atoms with Crippen LogP contribution in [-0.2, 0) is 33.5 Å². The molecule has 6 N–H and O–H groups in total. The van der Waals surface area contributed by atoms with E-state index in [-0.39, 0.29) is 47.3 Å². The van der Waals surface area contributed by atoms with E-state index in [2.05, 4.69) is 74.3 Å². The molecular formula is C38H56N4O6. The molecular weight excluding hydrogens is 608 g/mol. The van der Waals surface area contributed by atoms with Gasteiger partial charge in [0.1, 0.15) is 11.5 Å². The van der Waals surface area contributed by atoms with E-state index in [0.717, 1.165) is 47.9 Å². The predicted molar refractivity (Wildman–Crippen MR) is 192 cm³/mol. The summed E-state index contributed by atoms with van der Waals surface area (Å²) in [6.45, 7) is 14.5. The van der Waals surface area contributed by atoms with E-state index in [1.807, 2.05) is 12.1 Å². The van der Waals surface area contributed by atoms with E-state index in [4.69, 9.17) is 10.2 Å². The molecule has 2 unspecified atom stereocenters. The molecule has 2 aromatic carbocycles. The highest BCUT2D eigenvalue weighted by Gasteiger charge is 2.26. The number of carboxylic acids is 2. The summed E-state index contributed by atoms with van der Waals surface area (Å²) >= 11 is 0. The average molecular weight is 665 g/mol. The van der Waals surface area contributed by atoms with E-state index in [9.17, 15) is 19.8 Å². The van der Waals surface area contributed by atoms with Crippen molar-refractivity contribution in [3.05, 3.63) is 57.6 Å². The summed E-state index contributed by atoms with van der Waals surface area (Å²) in [6.07, 6.45) is 8.47. The molecule has 2 atom stereocenters. The molecule has 0 heterocycles. The summed E-state index contributed by atoms with van der Waals surface area (Å²) in [4.78, 5) is 30.5. The smallest absolute Gasteiger partial charge is 0.303 e. The minimum absolute atomic E-state index is 0.0599. The van der Waals surface area contributed by atoms with Crippen LogP contribution in [0.3, 0.4) is 0 Å². The quantitative estimate of drug-likeness (QED) is 0.0881. The van der Waals surface area contributed by atoms with Crippen molar-refractivity contribution in [2.24, 2.45) is 9.98 Å². The Morgan fingerprint density at radius 2 is 1.08 bits per heavy atom. The highest BCUT2D eigenvalue weighted by molar-refractivity contribution is 5.85. The number of carbonyl (C=O) groups is 2. The van der Waals surface area contributed by atoms with Crippen LogP contribution in [0.4, 0.5) is 0 Å². The second kappa shape index (κ2) is 17.6. The van der Waals surface area contributed by atoms with Crippen LogP contribution in [0.2, 0.25) is 0 Å². The fourth-order valence-electron chi connectivity index (χ4n) is 5.84. The van der Waals surface area contributed by atoms with Crippen LogP contribution in [0.5, 0.6) is 11.5 Å². The van der Waals surface area contributed by atoms with Gasteiger partial charge in [-0.15, -0.1) is 0 Å². The number of aliphatic imine (C=N–C) groups is 2. The van der Waals surface area contributed by atoms with Crippen LogP contribution in [0.1, 0.15) is 126 Å². The standard InChI is InChI=1S/C38H56N4O6/c1-37(2,3)29-17-25(21-39-15-9-13-33(43)44)35(47)27(19-29)23-41-31-11-7-8-12-32(31)42-24-28-20-30(38(4,5)6)18-26(36(28)48)22-40-16-10-14-34(45)46/h17-22,31-32,41-42,47-48H,7-16,23-24H2,1-6H3,(H,43,44)(H,45,46). The molecule has 3 rings (SSSR count). The van der Waals surface area contributed by atoms with Crippen molar-refractivity contribution in [1.82, 2.24) is 10.6 Å². The summed E-state index contributed by atoms with van der Waals surface area (Å²) in [5, 5.41) is 47.7. The van der Waals surface area contributed by atoms with E-state index >= 15 is 0 Å². The molecule has 0 aromatic heterocycles. The van der Waals surface area contributed by atoms with Crippen LogP contribution in [-0.4, -0.2) is 70.0 Å². The zero-order valence-electron chi connectivity index (χ0n) is 29.6. The number of nitrogens with zero attached hydrogens (tertiary/aromatic N) is 2. The molecule has 2 aromatic rings. The monoisotopic (exact) mass is 664 g/mol. The molecule has 1 aliphatic carbocycles. The minimum atomic E-state index is -0.845.